The molecule has 2 heterocycles. The maximum Gasteiger partial charge on any atom is 0.0886 e. The molecule has 0 fully saturated rings. The first-order chi connectivity index (χ1) is 7.38. The number of hydrogen-bond acceptors (Lipinski definition) is 2. The van der Waals surface area contributed by atoms with Crippen molar-refractivity contribution in [3.8, 4) is 11.4 Å². The van der Waals surface area contributed by atoms with Gasteiger partial charge >= 0.3 is 49.6 Å². The van der Waals surface area contributed by atoms with Gasteiger partial charge in [0.25, 0.3) is 0 Å². The largest absolute Gasteiger partial charge is 0.255 e. The molecular formula is C10H8I2N2Zn. The van der Waals surface area contributed by atoms with E-state index in [0.29, 0.717) is 0 Å². The molecule has 2 aromatic rings. The summed E-state index contributed by atoms with van der Waals surface area (Å²) in [6, 6.07) is 11.6. The SMILES string of the molecule is [I][Zn][I].c1ccc(-c2ccccn2)nc1. The summed E-state index contributed by atoms with van der Waals surface area (Å²) < 4.78 is 0. The van der Waals surface area contributed by atoms with Crippen LogP contribution in [0.25, 0.3) is 11.4 Å². The standard InChI is InChI=1S/C10H8N2.2HI.Zn/c1-3-7-11-9(5-1)10-6-2-4-8-12-10;;;/h1-8H;2*1H;/q;;;+2/p-2. The number of rotatable bonds is 1. The third-order valence-electron chi connectivity index (χ3n) is 1.59. The fourth-order valence-electron chi connectivity index (χ4n) is 1.03. The van der Waals surface area contributed by atoms with Gasteiger partial charge in [0, 0.05) is 12.4 Å². The molecule has 2 aromatic heterocycles. The van der Waals surface area contributed by atoms with Crippen LogP contribution >= 0.6 is 39.5 Å². The molecule has 0 aliphatic carbocycles. The predicted molar refractivity (Wildman–Crippen MR) is 75.5 cm³/mol. The minimum Gasteiger partial charge on any atom is -0.255 e. The first kappa shape index (κ1) is 13.4. The van der Waals surface area contributed by atoms with Crippen molar-refractivity contribution in [1.82, 2.24) is 9.97 Å². The van der Waals surface area contributed by atoms with Gasteiger partial charge in [-0.1, -0.05) is 12.1 Å². The zero-order valence-electron chi connectivity index (χ0n) is 7.98. The third kappa shape index (κ3) is 5.31. The number of pyridine rings is 2. The molecule has 15 heavy (non-hydrogen) atoms. The zero-order chi connectivity index (χ0) is 10.9. The van der Waals surface area contributed by atoms with Gasteiger partial charge in [0.05, 0.1) is 11.4 Å². The number of hydrogen-bond donors (Lipinski definition) is 0. The van der Waals surface area contributed by atoms with E-state index in [9.17, 15) is 0 Å². The number of halogens is 2. The Kier molecular flexibility index (Phi) is 7.64. The van der Waals surface area contributed by atoms with Crippen molar-refractivity contribution in [3.05, 3.63) is 48.8 Å². The van der Waals surface area contributed by atoms with Crippen LogP contribution in [-0.2, 0) is 10.1 Å². The molecule has 0 amide bonds. The fraction of sp³-hybridized carbons (Fsp3) is 0. The normalized spacial score (nSPS) is 8.40. The molecule has 0 saturated heterocycles. The molecule has 2 nitrogen and oxygen atoms in total. The van der Waals surface area contributed by atoms with Crippen molar-refractivity contribution in [1.29, 1.82) is 0 Å². The van der Waals surface area contributed by atoms with Crippen LogP contribution in [0.2, 0.25) is 0 Å². The Bertz CT molecular complexity index is 332. The van der Waals surface area contributed by atoms with E-state index < -0.39 is 0 Å². The van der Waals surface area contributed by atoms with Crippen molar-refractivity contribution in [2.75, 3.05) is 0 Å². The summed E-state index contributed by atoms with van der Waals surface area (Å²) >= 11 is 4.93. The van der Waals surface area contributed by atoms with Gasteiger partial charge in [0.2, 0.25) is 0 Å². The van der Waals surface area contributed by atoms with Gasteiger partial charge in [-0.25, -0.2) is 0 Å². The summed E-state index contributed by atoms with van der Waals surface area (Å²) in [6.07, 6.45) is 3.54. The summed E-state index contributed by atoms with van der Waals surface area (Å²) in [4.78, 5) is 8.37. The molecular weight excluding hydrogens is 467 g/mol. The summed E-state index contributed by atoms with van der Waals surface area (Å²) in [6.45, 7) is 0. The molecule has 0 N–H and O–H groups in total. The van der Waals surface area contributed by atoms with Crippen LogP contribution in [0, 0.1) is 0 Å². The molecule has 0 radical (unpaired) electrons. The van der Waals surface area contributed by atoms with Crippen LogP contribution in [0.3, 0.4) is 0 Å². The van der Waals surface area contributed by atoms with Gasteiger partial charge in [-0.3, -0.25) is 9.97 Å². The van der Waals surface area contributed by atoms with Gasteiger partial charge in [-0.05, 0) is 24.3 Å². The third-order valence-corrected chi connectivity index (χ3v) is 1.59. The summed E-state index contributed by atoms with van der Waals surface area (Å²) in [5.74, 6) is 0. The topological polar surface area (TPSA) is 25.8 Å². The molecule has 0 aromatic carbocycles. The van der Waals surface area contributed by atoms with Crippen LogP contribution in [0.1, 0.15) is 0 Å². The summed E-state index contributed by atoms with van der Waals surface area (Å²) in [7, 11) is 0.0650. The molecule has 2 rings (SSSR count). The molecule has 5 heteroatoms. The minimum absolute atomic E-state index is 0.0650. The average Bonchev–Trinajstić information content (AvgIpc) is 2.32. The Morgan fingerprint density at radius 1 is 0.800 bits per heavy atom. The van der Waals surface area contributed by atoms with Gasteiger partial charge in [-0.2, -0.15) is 0 Å². The van der Waals surface area contributed by atoms with Crippen molar-refractivity contribution in [2.45, 2.75) is 0 Å². The monoisotopic (exact) mass is 474 g/mol. The fourth-order valence-corrected chi connectivity index (χ4v) is 1.03. The van der Waals surface area contributed by atoms with Crippen LogP contribution in [0.5, 0.6) is 0 Å². The minimum atomic E-state index is 0.0650. The van der Waals surface area contributed by atoms with Gasteiger partial charge in [0.1, 0.15) is 0 Å². The number of aromatic nitrogens is 2. The van der Waals surface area contributed by atoms with Crippen LogP contribution in [0.15, 0.2) is 48.8 Å². The van der Waals surface area contributed by atoms with Gasteiger partial charge in [-0.15, -0.1) is 0 Å². The first-order valence-corrected chi connectivity index (χ1v) is 22.4. The van der Waals surface area contributed by atoms with Crippen LogP contribution in [-0.4, -0.2) is 9.97 Å². The Hall–Kier alpha value is 0.383. The molecule has 0 spiro atoms. The maximum absolute atomic E-state index is 4.19. The summed E-state index contributed by atoms with van der Waals surface area (Å²) in [5, 5.41) is 0. The Morgan fingerprint density at radius 3 is 1.47 bits per heavy atom. The van der Waals surface area contributed by atoms with E-state index in [0.717, 1.165) is 11.4 Å². The van der Waals surface area contributed by atoms with Crippen molar-refractivity contribution in [2.24, 2.45) is 0 Å². The van der Waals surface area contributed by atoms with Crippen LogP contribution < -0.4 is 0 Å². The average molecular weight is 475 g/mol. The quantitative estimate of drug-likeness (QED) is 0.462. The second-order valence-electron chi connectivity index (χ2n) is 2.53. The van der Waals surface area contributed by atoms with Crippen LogP contribution in [0.4, 0.5) is 0 Å². The molecule has 0 aliphatic rings. The Balaban J connectivity index is 0.000000337. The van der Waals surface area contributed by atoms with E-state index in [-0.39, 0.29) is 10.1 Å². The molecule has 0 bridgehead atoms. The Morgan fingerprint density at radius 2 is 1.20 bits per heavy atom. The van der Waals surface area contributed by atoms with E-state index >= 15 is 0 Å². The van der Waals surface area contributed by atoms with Crippen molar-refractivity contribution < 1.29 is 10.1 Å². The van der Waals surface area contributed by atoms with E-state index in [4.69, 9.17) is 0 Å². The zero-order valence-corrected chi connectivity index (χ0v) is 15.3. The Labute approximate surface area is 118 Å². The van der Waals surface area contributed by atoms with Gasteiger partial charge in [0.15, 0.2) is 0 Å². The van der Waals surface area contributed by atoms with E-state index in [1.165, 1.54) is 0 Å². The maximum atomic E-state index is 4.19. The van der Waals surface area contributed by atoms with E-state index in [2.05, 4.69) is 49.5 Å². The second-order valence-corrected chi connectivity index (χ2v) is 26.1. The molecule has 0 saturated carbocycles. The first-order valence-electron chi connectivity index (χ1n) is 4.33. The molecule has 0 aliphatic heterocycles. The van der Waals surface area contributed by atoms with E-state index in [1.807, 2.05) is 36.4 Å². The smallest absolute Gasteiger partial charge is 0.0886 e. The second kappa shape index (κ2) is 8.53. The molecule has 0 unspecified atom stereocenters. The number of nitrogens with zero attached hydrogens (tertiary/aromatic N) is 2. The summed E-state index contributed by atoms with van der Waals surface area (Å²) in [5.41, 5.74) is 1.83. The molecule has 0 atom stereocenters. The van der Waals surface area contributed by atoms with E-state index in [1.54, 1.807) is 12.4 Å². The van der Waals surface area contributed by atoms with Crippen molar-refractivity contribution >= 4 is 39.5 Å². The van der Waals surface area contributed by atoms with Gasteiger partial charge < -0.3 is 0 Å². The van der Waals surface area contributed by atoms with Crippen molar-refractivity contribution in [3.63, 3.8) is 0 Å². The molecule has 74 valence electrons. The predicted octanol–water partition coefficient (Wildman–Crippen LogP) is 3.91.